The molecule has 3 heterocycles. The van der Waals surface area contributed by atoms with Crippen molar-refractivity contribution >= 4 is 23.3 Å². The number of ketones is 1. The van der Waals surface area contributed by atoms with Crippen LogP contribution in [-0.2, 0) is 5.41 Å². The molecule has 4 aromatic rings. The third-order valence-electron chi connectivity index (χ3n) is 9.14. The zero-order valence-corrected chi connectivity index (χ0v) is 28.1. The van der Waals surface area contributed by atoms with Gasteiger partial charge in [0.2, 0.25) is 0 Å². The lowest BCUT2D eigenvalue weighted by Gasteiger charge is -2.32. The van der Waals surface area contributed by atoms with Gasteiger partial charge in [-0.3, -0.25) is 14.5 Å². The van der Waals surface area contributed by atoms with Crippen molar-refractivity contribution in [3.63, 3.8) is 0 Å². The number of carbonyl (C=O) groups is 2. The fourth-order valence-electron chi connectivity index (χ4n) is 6.61. The van der Waals surface area contributed by atoms with Crippen LogP contribution < -0.4 is 15.4 Å². The molecule has 11 heteroatoms. The zero-order chi connectivity index (χ0) is 33.1. The Bertz CT molecular complexity index is 1740. The van der Waals surface area contributed by atoms with Crippen LogP contribution in [0.25, 0.3) is 5.65 Å². The number of anilines is 1. The van der Waals surface area contributed by atoms with Gasteiger partial charge < -0.3 is 15.0 Å². The minimum absolute atomic E-state index is 0.133. The second-order valence-corrected chi connectivity index (χ2v) is 14.1. The molecule has 6 rings (SSSR count). The second-order valence-electron chi connectivity index (χ2n) is 14.1. The Morgan fingerprint density at radius 1 is 0.979 bits per heavy atom. The monoisotopic (exact) mass is 638 g/mol. The second kappa shape index (κ2) is 13.8. The van der Waals surface area contributed by atoms with E-state index in [1.165, 1.54) is 12.8 Å². The van der Waals surface area contributed by atoms with E-state index < -0.39 is 0 Å². The molecule has 248 valence electrons. The number of urea groups is 1. The highest BCUT2D eigenvalue weighted by molar-refractivity contribution is 5.94. The van der Waals surface area contributed by atoms with E-state index in [4.69, 9.17) is 4.74 Å². The molecule has 2 aliphatic carbocycles. The Morgan fingerprint density at radius 2 is 1.74 bits per heavy atom. The lowest BCUT2D eigenvalue weighted by molar-refractivity contribution is 0.0966. The van der Waals surface area contributed by atoms with Gasteiger partial charge >= 0.3 is 6.03 Å². The molecule has 1 aromatic carbocycles. The first-order valence-electron chi connectivity index (χ1n) is 16.8. The average Bonchev–Trinajstić information content (AvgIpc) is 3.71. The average molecular weight is 639 g/mol. The molecule has 0 aliphatic heterocycles. The molecule has 2 aliphatic rings. The van der Waals surface area contributed by atoms with Crippen LogP contribution in [0, 0.1) is 0 Å². The Morgan fingerprint density at radius 3 is 2.49 bits per heavy atom. The molecule has 47 heavy (non-hydrogen) atoms. The first kappa shape index (κ1) is 32.6. The van der Waals surface area contributed by atoms with E-state index in [9.17, 15) is 9.59 Å². The molecule has 3 aromatic heterocycles. The lowest BCUT2D eigenvalue weighted by atomic mass is 9.85. The third kappa shape index (κ3) is 7.62. The van der Waals surface area contributed by atoms with Gasteiger partial charge in [0, 0.05) is 23.8 Å². The standard InChI is InChI=1S/C36H46N8O3/c1-36(2,3)30-21-31(39-33(38-30)28(45)15-10-20-43(4)5)40-35(46)37-27-17-18-29(26-14-9-8-13-25(26)27)47-24-16-19-32-41-42-34(44(32)22-24)23-11-6-7-12-23/h8-9,13-14,16,19,21-23,27,29H,6-7,10-12,15,17-18,20H2,1-5H3,(H2,37,38,39,40,46)/t27-,29+/m0/s1. The first-order valence-corrected chi connectivity index (χ1v) is 16.8. The van der Waals surface area contributed by atoms with Crippen molar-refractivity contribution in [2.45, 2.75) is 95.6 Å². The van der Waals surface area contributed by atoms with E-state index >= 15 is 0 Å². The number of hydrogen-bond donors (Lipinski definition) is 2. The summed E-state index contributed by atoms with van der Waals surface area (Å²) in [4.78, 5) is 37.4. The molecular formula is C36H46N8O3. The number of nitrogens with zero attached hydrogens (tertiary/aromatic N) is 6. The summed E-state index contributed by atoms with van der Waals surface area (Å²) in [6.07, 6.45) is 9.09. The molecule has 0 spiro atoms. The van der Waals surface area contributed by atoms with Crippen LogP contribution in [0.15, 0.2) is 48.7 Å². The highest BCUT2D eigenvalue weighted by Gasteiger charge is 2.30. The Hall–Kier alpha value is -4.38. The Kier molecular flexibility index (Phi) is 9.54. The van der Waals surface area contributed by atoms with Gasteiger partial charge in [0.1, 0.15) is 23.5 Å². The van der Waals surface area contributed by atoms with Crippen LogP contribution in [0.4, 0.5) is 10.6 Å². The number of hydrogen-bond acceptors (Lipinski definition) is 8. The minimum Gasteiger partial charge on any atom is -0.484 e. The van der Waals surface area contributed by atoms with Crippen LogP contribution in [0.5, 0.6) is 5.75 Å². The number of fused-ring (bicyclic) bond motifs is 2. The maximum absolute atomic E-state index is 13.4. The summed E-state index contributed by atoms with van der Waals surface area (Å²) >= 11 is 0. The van der Waals surface area contributed by atoms with Crippen molar-refractivity contribution in [1.82, 2.24) is 34.8 Å². The molecule has 1 fully saturated rings. The Labute approximate surface area is 276 Å². The summed E-state index contributed by atoms with van der Waals surface area (Å²) in [5.41, 5.74) is 3.26. The molecule has 2 N–H and O–H groups in total. The van der Waals surface area contributed by atoms with Crippen molar-refractivity contribution in [2.75, 3.05) is 26.0 Å². The van der Waals surface area contributed by atoms with E-state index in [1.54, 1.807) is 6.07 Å². The molecule has 0 radical (unpaired) electrons. The summed E-state index contributed by atoms with van der Waals surface area (Å²) in [5.74, 6) is 2.54. The molecule has 1 saturated carbocycles. The normalized spacial score (nSPS) is 18.3. The predicted molar refractivity (Wildman–Crippen MR) is 181 cm³/mol. The van der Waals surface area contributed by atoms with Crippen molar-refractivity contribution in [3.8, 4) is 5.75 Å². The van der Waals surface area contributed by atoms with E-state index in [-0.39, 0.29) is 35.2 Å². The summed E-state index contributed by atoms with van der Waals surface area (Å²) in [5, 5.41) is 14.9. The van der Waals surface area contributed by atoms with Gasteiger partial charge in [-0.2, -0.15) is 0 Å². The third-order valence-corrected chi connectivity index (χ3v) is 9.14. The topological polar surface area (TPSA) is 127 Å². The first-order chi connectivity index (χ1) is 22.5. The maximum atomic E-state index is 13.4. The van der Waals surface area contributed by atoms with E-state index in [0.29, 0.717) is 36.7 Å². The lowest BCUT2D eigenvalue weighted by Crippen LogP contribution is -2.36. The number of pyridine rings is 1. The van der Waals surface area contributed by atoms with Gasteiger partial charge in [-0.25, -0.2) is 14.8 Å². The van der Waals surface area contributed by atoms with Gasteiger partial charge in [0.25, 0.3) is 0 Å². The van der Waals surface area contributed by atoms with Crippen LogP contribution in [-0.4, -0.2) is 61.9 Å². The molecule has 2 atom stereocenters. The van der Waals surface area contributed by atoms with Crippen LogP contribution in [0.3, 0.4) is 0 Å². The molecule has 11 nitrogen and oxygen atoms in total. The summed E-state index contributed by atoms with van der Waals surface area (Å²) in [6, 6.07) is 13.2. The van der Waals surface area contributed by atoms with E-state index in [0.717, 1.165) is 54.2 Å². The van der Waals surface area contributed by atoms with Crippen LogP contribution in [0.2, 0.25) is 0 Å². The van der Waals surface area contributed by atoms with Crippen molar-refractivity contribution in [3.05, 3.63) is 77.1 Å². The fraction of sp³-hybridized carbons (Fsp3) is 0.500. The quantitative estimate of drug-likeness (QED) is 0.182. The predicted octanol–water partition coefficient (Wildman–Crippen LogP) is 6.78. The van der Waals surface area contributed by atoms with Crippen LogP contribution >= 0.6 is 0 Å². The van der Waals surface area contributed by atoms with E-state index in [2.05, 4.69) is 41.3 Å². The number of Topliss-reactive ketones (excluding diaryl/α,β-unsaturated/α-hetero) is 1. The van der Waals surface area contributed by atoms with Gasteiger partial charge in [0.15, 0.2) is 17.3 Å². The SMILES string of the molecule is CN(C)CCCC(=O)c1nc(NC(=O)N[C@H]2CC[C@@H](Oc3ccc4nnc(C5CCCC5)n4c3)c3ccccc32)cc(C(C)(C)C)n1. The molecule has 0 saturated heterocycles. The van der Waals surface area contributed by atoms with E-state index in [1.807, 2.05) is 76.3 Å². The fourth-order valence-corrected chi connectivity index (χ4v) is 6.61. The smallest absolute Gasteiger partial charge is 0.320 e. The van der Waals surface area contributed by atoms with Gasteiger partial charge in [-0.15, -0.1) is 10.2 Å². The molecule has 2 amide bonds. The number of benzene rings is 1. The largest absolute Gasteiger partial charge is 0.484 e. The zero-order valence-electron chi connectivity index (χ0n) is 28.1. The van der Waals surface area contributed by atoms with Crippen molar-refractivity contribution < 1.29 is 14.3 Å². The van der Waals surface area contributed by atoms with Gasteiger partial charge in [-0.05, 0) is 76.0 Å². The maximum Gasteiger partial charge on any atom is 0.320 e. The number of nitrogens with one attached hydrogen (secondary N) is 2. The number of carbonyl (C=O) groups excluding carboxylic acids is 2. The minimum atomic E-state index is -0.383. The number of amides is 2. The number of ether oxygens (including phenoxy) is 1. The van der Waals surface area contributed by atoms with Crippen molar-refractivity contribution in [1.29, 1.82) is 0 Å². The Balaban J connectivity index is 1.15. The number of aromatic nitrogens is 5. The number of rotatable bonds is 10. The van der Waals surface area contributed by atoms with Gasteiger partial charge in [0.05, 0.1) is 17.9 Å². The summed E-state index contributed by atoms with van der Waals surface area (Å²) in [6.45, 7) is 6.87. The molecule has 0 bridgehead atoms. The highest BCUT2D eigenvalue weighted by atomic mass is 16.5. The summed E-state index contributed by atoms with van der Waals surface area (Å²) in [7, 11) is 3.96. The highest BCUT2D eigenvalue weighted by Crippen LogP contribution is 2.39. The molecule has 0 unspecified atom stereocenters. The summed E-state index contributed by atoms with van der Waals surface area (Å²) < 4.78 is 8.67. The van der Waals surface area contributed by atoms with Crippen LogP contribution in [0.1, 0.15) is 123 Å². The molecular weight excluding hydrogens is 592 g/mol. The van der Waals surface area contributed by atoms with Gasteiger partial charge in [-0.1, -0.05) is 57.9 Å². The van der Waals surface area contributed by atoms with Crippen molar-refractivity contribution in [2.24, 2.45) is 0 Å².